The number of hydrogen-bond donors (Lipinski definition) is 3. The Hall–Kier alpha value is 0.300. The summed E-state index contributed by atoms with van der Waals surface area (Å²) in [5, 5.41) is 0. The molecule has 58 valence electrons. The molecule has 0 aliphatic heterocycles. The highest BCUT2D eigenvalue weighted by molar-refractivity contribution is 7.54. The molecule has 0 saturated carbocycles. The van der Waals surface area contributed by atoms with E-state index < -0.39 is 16.1 Å². The SMILES string of the molecule is C.O=[PH](O)OP(=O)(O)O. The summed E-state index contributed by atoms with van der Waals surface area (Å²) in [6.07, 6.45) is 0. The predicted octanol–water partition coefficient (Wildman–Crippen LogP) is 0.114. The lowest BCUT2D eigenvalue weighted by molar-refractivity contribution is 0.273. The molecule has 0 aromatic rings. The van der Waals surface area contributed by atoms with Crippen LogP contribution in [-0.4, -0.2) is 14.7 Å². The van der Waals surface area contributed by atoms with Crippen molar-refractivity contribution in [2.75, 3.05) is 0 Å². The summed E-state index contributed by atoms with van der Waals surface area (Å²) in [7, 11) is -8.24. The van der Waals surface area contributed by atoms with Crippen molar-refractivity contribution in [1.29, 1.82) is 0 Å². The molecule has 1 unspecified atom stereocenters. The highest BCUT2D eigenvalue weighted by atomic mass is 31.2. The Balaban J connectivity index is 0. The Kier molecular flexibility index (Phi) is 5.57. The van der Waals surface area contributed by atoms with Crippen LogP contribution in [0.4, 0.5) is 0 Å². The van der Waals surface area contributed by atoms with Gasteiger partial charge in [-0.15, -0.1) is 0 Å². The van der Waals surface area contributed by atoms with Crippen LogP contribution in [0.3, 0.4) is 0 Å². The van der Waals surface area contributed by atoms with Gasteiger partial charge in [0.1, 0.15) is 0 Å². The quantitative estimate of drug-likeness (QED) is 0.518. The molecule has 0 aliphatic rings. The average Bonchev–Trinajstić information content (AvgIpc) is 1.21. The van der Waals surface area contributed by atoms with Gasteiger partial charge in [-0.1, -0.05) is 7.43 Å². The van der Waals surface area contributed by atoms with Crippen LogP contribution in [0.5, 0.6) is 0 Å². The van der Waals surface area contributed by atoms with Crippen molar-refractivity contribution in [1.82, 2.24) is 0 Å². The van der Waals surface area contributed by atoms with E-state index in [-0.39, 0.29) is 7.43 Å². The number of hydrogen-bond acceptors (Lipinski definition) is 3. The van der Waals surface area contributed by atoms with Gasteiger partial charge in [0, 0.05) is 0 Å². The summed E-state index contributed by atoms with van der Waals surface area (Å²) in [6, 6.07) is 0. The Morgan fingerprint density at radius 2 is 1.78 bits per heavy atom. The van der Waals surface area contributed by atoms with Crippen molar-refractivity contribution in [3.8, 4) is 0 Å². The predicted molar refractivity (Wildman–Crippen MR) is 31.1 cm³/mol. The Bertz CT molecular complexity index is 134. The van der Waals surface area contributed by atoms with Gasteiger partial charge in [-0.3, -0.25) is 4.57 Å². The fourth-order valence-corrected chi connectivity index (χ4v) is 0.916. The normalized spacial score (nSPS) is 14.1. The molecule has 0 spiro atoms. The second-order valence-electron chi connectivity index (χ2n) is 0.848. The Labute approximate surface area is 52.7 Å². The van der Waals surface area contributed by atoms with E-state index in [9.17, 15) is 9.13 Å². The first-order valence-corrected chi connectivity index (χ1v) is 4.19. The molecule has 0 aliphatic carbocycles. The van der Waals surface area contributed by atoms with E-state index in [1.165, 1.54) is 0 Å². The average molecular weight is 178 g/mol. The van der Waals surface area contributed by atoms with Crippen molar-refractivity contribution >= 4 is 16.1 Å². The largest absolute Gasteiger partial charge is 0.476 e. The molecule has 9 heavy (non-hydrogen) atoms. The van der Waals surface area contributed by atoms with E-state index >= 15 is 0 Å². The first kappa shape index (κ1) is 12.0. The smallest absolute Gasteiger partial charge is 0.326 e. The van der Waals surface area contributed by atoms with Crippen LogP contribution < -0.4 is 0 Å². The third kappa shape index (κ3) is 11.7. The summed E-state index contributed by atoms with van der Waals surface area (Å²) in [5.41, 5.74) is 0. The Morgan fingerprint density at radius 1 is 1.44 bits per heavy atom. The molecule has 0 bridgehead atoms. The summed E-state index contributed by atoms with van der Waals surface area (Å²) in [5.74, 6) is 0. The molecule has 0 heterocycles. The van der Waals surface area contributed by atoms with Crippen LogP contribution in [0.1, 0.15) is 7.43 Å². The van der Waals surface area contributed by atoms with E-state index in [1.54, 1.807) is 0 Å². The molecule has 0 amide bonds. The maximum Gasteiger partial charge on any atom is 0.476 e. The minimum atomic E-state index is -4.74. The van der Waals surface area contributed by atoms with Gasteiger partial charge in [0.25, 0.3) is 0 Å². The van der Waals surface area contributed by atoms with Gasteiger partial charge in [0.05, 0.1) is 0 Å². The van der Waals surface area contributed by atoms with Crippen LogP contribution >= 0.6 is 16.1 Å². The molecule has 0 radical (unpaired) electrons. The van der Waals surface area contributed by atoms with Crippen molar-refractivity contribution in [2.45, 2.75) is 7.43 Å². The van der Waals surface area contributed by atoms with Gasteiger partial charge in [-0.25, -0.2) is 8.88 Å². The maximum atomic E-state index is 9.58. The fourth-order valence-electron chi connectivity index (χ4n) is 0.102. The lowest BCUT2D eigenvalue weighted by Crippen LogP contribution is -1.75. The van der Waals surface area contributed by atoms with Gasteiger partial charge >= 0.3 is 16.1 Å². The van der Waals surface area contributed by atoms with Crippen molar-refractivity contribution < 1.29 is 28.1 Å². The zero-order valence-electron chi connectivity index (χ0n) is 3.51. The van der Waals surface area contributed by atoms with Crippen LogP contribution in [0.2, 0.25) is 0 Å². The molecule has 0 fully saturated rings. The lowest BCUT2D eigenvalue weighted by Gasteiger charge is -1.97. The van der Waals surface area contributed by atoms with Gasteiger partial charge in [0.2, 0.25) is 0 Å². The molecule has 8 heteroatoms. The minimum absolute atomic E-state index is 0. The first-order chi connectivity index (χ1) is 3.42. The fraction of sp³-hybridized carbons (Fsp3) is 1.00. The molecule has 0 aromatic heterocycles. The van der Waals surface area contributed by atoms with Gasteiger partial charge in [-0.05, 0) is 0 Å². The highest BCUT2D eigenvalue weighted by Crippen LogP contribution is 2.45. The lowest BCUT2D eigenvalue weighted by atomic mass is 12.0. The van der Waals surface area contributed by atoms with E-state index in [4.69, 9.17) is 14.7 Å². The molecular weight excluding hydrogens is 170 g/mol. The van der Waals surface area contributed by atoms with Crippen molar-refractivity contribution in [3.63, 3.8) is 0 Å². The van der Waals surface area contributed by atoms with Gasteiger partial charge in [-0.2, -0.15) is 0 Å². The van der Waals surface area contributed by atoms with E-state index in [0.717, 1.165) is 0 Å². The molecule has 3 N–H and O–H groups in total. The molecular formula is CH8O6P2. The van der Waals surface area contributed by atoms with Crippen molar-refractivity contribution in [2.24, 2.45) is 0 Å². The number of rotatable bonds is 2. The summed E-state index contributed by atoms with van der Waals surface area (Å²) in [6.45, 7) is 0. The van der Waals surface area contributed by atoms with Crippen molar-refractivity contribution in [3.05, 3.63) is 0 Å². The molecule has 1 atom stereocenters. The van der Waals surface area contributed by atoms with Crippen LogP contribution in [-0.2, 0) is 13.4 Å². The summed E-state index contributed by atoms with van der Waals surface area (Å²) in [4.78, 5) is 23.2. The van der Waals surface area contributed by atoms with Gasteiger partial charge < -0.3 is 14.7 Å². The topological polar surface area (TPSA) is 104 Å². The van der Waals surface area contributed by atoms with Crippen LogP contribution in [0.25, 0.3) is 0 Å². The number of phosphoric acid groups is 1. The standard InChI is InChI=1S/CH4.H4O6P2/c;1-7(2)6-8(3,4)5/h1H4;7H,(H,1,2)(H2,3,4,5). The molecule has 0 rings (SSSR count). The van der Waals surface area contributed by atoms with E-state index in [0.29, 0.717) is 0 Å². The molecule has 0 saturated heterocycles. The maximum absolute atomic E-state index is 9.58. The zero-order chi connectivity index (χ0) is 6.78. The van der Waals surface area contributed by atoms with Gasteiger partial charge in [0.15, 0.2) is 0 Å². The molecule has 6 nitrogen and oxygen atoms in total. The zero-order valence-corrected chi connectivity index (χ0v) is 5.41. The second-order valence-corrected chi connectivity index (χ2v) is 3.09. The molecule has 0 aromatic carbocycles. The van der Waals surface area contributed by atoms with Crippen LogP contribution in [0.15, 0.2) is 0 Å². The third-order valence-electron chi connectivity index (χ3n) is 0.197. The highest BCUT2D eigenvalue weighted by Gasteiger charge is 2.15. The minimum Gasteiger partial charge on any atom is -0.326 e. The van der Waals surface area contributed by atoms with E-state index in [2.05, 4.69) is 4.31 Å². The summed E-state index contributed by atoms with van der Waals surface area (Å²) >= 11 is 0. The first-order valence-electron chi connectivity index (χ1n) is 1.40. The Morgan fingerprint density at radius 3 is 1.78 bits per heavy atom. The monoisotopic (exact) mass is 178 g/mol. The van der Waals surface area contributed by atoms with Crippen LogP contribution in [0, 0.1) is 0 Å². The summed E-state index contributed by atoms with van der Waals surface area (Å²) < 4.78 is 22.3. The second kappa shape index (κ2) is 4.17. The third-order valence-corrected chi connectivity index (χ3v) is 1.77. The van der Waals surface area contributed by atoms with E-state index in [1.807, 2.05) is 0 Å².